The molecule has 0 heterocycles. The summed E-state index contributed by atoms with van der Waals surface area (Å²) in [5.74, 6) is -0.909. The molecule has 0 spiro atoms. The van der Waals surface area contributed by atoms with E-state index in [0.717, 1.165) is 5.56 Å². The molecule has 2 aromatic rings. The van der Waals surface area contributed by atoms with E-state index in [0.29, 0.717) is 33.4 Å². The minimum Gasteiger partial charge on any atom is -0.497 e. The zero-order chi connectivity index (χ0) is 17.3. The van der Waals surface area contributed by atoms with Gasteiger partial charge in [-0.2, -0.15) is 0 Å². The van der Waals surface area contributed by atoms with Crippen LogP contribution in [0.4, 0.5) is 8.78 Å². The fourth-order valence-electron chi connectivity index (χ4n) is 2.77. The predicted octanol–water partition coefficient (Wildman–Crippen LogP) is 6.86. The first-order valence-corrected chi connectivity index (χ1v) is 8.14. The number of hydrogen-bond acceptors (Lipinski definition) is 1. The number of ether oxygens (including phenoxy) is 1. The lowest BCUT2D eigenvalue weighted by Crippen LogP contribution is -2.01. The van der Waals surface area contributed by atoms with Gasteiger partial charge in [-0.3, -0.25) is 0 Å². The highest BCUT2D eigenvalue weighted by atomic mass is 35.5. The van der Waals surface area contributed by atoms with Gasteiger partial charge < -0.3 is 4.74 Å². The van der Waals surface area contributed by atoms with Gasteiger partial charge in [0.15, 0.2) is 5.83 Å². The summed E-state index contributed by atoms with van der Waals surface area (Å²) in [6, 6.07) is 12.0. The standard InChI is InChI=1S/C19H14Cl2F2O/c1-24-13-5-2-11(3-6-13)18-14(7-9-17(22)19(18)23)12-4-8-15(20)16(21)10-12/h2-6,8,10H,7,9H2,1H3. The molecule has 1 aliphatic carbocycles. The fraction of sp³-hybridized carbons (Fsp3) is 0.158. The third-order valence-corrected chi connectivity index (χ3v) is 4.74. The topological polar surface area (TPSA) is 9.23 Å². The Balaban J connectivity index is 2.19. The predicted molar refractivity (Wildman–Crippen MR) is 94.7 cm³/mol. The third kappa shape index (κ3) is 3.19. The van der Waals surface area contributed by atoms with Crippen molar-refractivity contribution in [2.24, 2.45) is 0 Å². The van der Waals surface area contributed by atoms with Gasteiger partial charge in [0.05, 0.1) is 17.2 Å². The molecule has 0 aromatic heterocycles. The summed E-state index contributed by atoms with van der Waals surface area (Å²) in [5.41, 5.74) is 2.28. The maximum Gasteiger partial charge on any atom is 0.162 e. The van der Waals surface area contributed by atoms with Crippen LogP contribution in [0.3, 0.4) is 0 Å². The fourth-order valence-corrected chi connectivity index (χ4v) is 3.07. The van der Waals surface area contributed by atoms with Crippen molar-refractivity contribution in [3.8, 4) is 5.75 Å². The molecule has 0 atom stereocenters. The van der Waals surface area contributed by atoms with E-state index >= 15 is 0 Å². The Morgan fingerprint density at radius 1 is 0.875 bits per heavy atom. The van der Waals surface area contributed by atoms with Gasteiger partial charge in [0.25, 0.3) is 0 Å². The van der Waals surface area contributed by atoms with E-state index in [4.69, 9.17) is 27.9 Å². The van der Waals surface area contributed by atoms with Gasteiger partial charge in [0, 0.05) is 12.0 Å². The van der Waals surface area contributed by atoms with Crippen molar-refractivity contribution in [1.29, 1.82) is 0 Å². The summed E-state index contributed by atoms with van der Waals surface area (Å²) in [7, 11) is 1.55. The van der Waals surface area contributed by atoms with Crippen molar-refractivity contribution in [2.45, 2.75) is 12.8 Å². The summed E-state index contributed by atoms with van der Waals surface area (Å²) in [5, 5.41) is 0.802. The van der Waals surface area contributed by atoms with Crippen LogP contribution in [-0.2, 0) is 0 Å². The molecule has 0 radical (unpaired) electrons. The average Bonchev–Trinajstić information content (AvgIpc) is 2.60. The van der Waals surface area contributed by atoms with E-state index in [1.807, 2.05) is 0 Å². The Hall–Kier alpha value is -1.84. The summed E-state index contributed by atoms with van der Waals surface area (Å²) in [4.78, 5) is 0. The highest BCUT2D eigenvalue weighted by molar-refractivity contribution is 6.42. The van der Waals surface area contributed by atoms with Crippen LogP contribution in [0.5, 0.6) is 5.75 Å². The van der Waals surface area contributed by atoms with Crippen LogP contribution < -0.4 is 4.74 Å². The van der Waals surface area contributed by atoms with Crippen LogP contribution in [0, 0.1) is 0 Å². The molecule has 0 N–H and O–H groups in total. The first kappa shape index (κ1) is 17.0. The molecule has 1 nitrogen and oxygen atoms in total. The average molecular weight is 367 g/mol. The van der Waals surface area contributed by atoms with Crippen molar-refractivity contribution >= 4 is 34.3 Å². The molecular weight excluding hydrogens is 353 g/mol. The maximum absolute atomic E-state index is 14.6. The highest BCUT2D eigenvalue weighted by Gasteiger charge is 2.25. The molecule has 2 aromatic carbocycles. The zero-order valence-electron chi connectivity index (χ0n) is 12.9. The third-order valence-electron chi connectivity index (χ3n) is 4.00. The molecule has 3 rings (SSSR count). The summed E-state index contributed by atoms with van der Waals surface area (Å²) >= 11 is 12.0. The second kappa shape index (κ2) is 6.96. The van der Waals surface area contributed by atoms with E-state index in [2.05, 4.69) is 0 Å². The van der Waals surface area contributed by atoms with Crippen molar-refractivity contribution in [3.05, 3.63) is 75.3 Å². The normalized spacial score (nSPS) is 15.0. The number of methoxy groups -OCH3 is 1. The van der Waals surface area contributed by atoms with E-state index < -0.39 is 11.7 Å². The minimum absolute atomic E-state index is 0.0288. The molecule has 124 valence electrons. The second-order valence-corrected chi connectivity index (χ2v) is 6.24. The first-order chi connectivity index (χ1) is 11.5. The number of hydrogen-bond donors (Lipinski definition) is 0. The van der Waals surface area contributed by atoms with Crippen molar-refractivity contribution in [1.82, 2.24) is 0 Å². The van der Waals surface area contributed by atoms with Crippen LogP contribution in [0.25, 0.3) is 11.1 Å². The molecule has 0 bridgehead atoms. The highest BCUT2D eigenvalue weighted by Crippen LogP contribution is 2.43. The van der Waals surface area contributed by atoms with Crippen LogP contribution in [0.15, 0.2) is 54.1 Å². The van der Waals surface area contributed by atoms with Crippen molar-refractivity contribution in [3.63, 3.8) is 0 Å². The van der Waals surface area contributed by atoms with E-state index in [1.165, 1.54) is 0 Å². The van der Waals surface area contributed by atoms with Crippen LogP contribution in [0.1, 0.15) is 24.0 Å². The van der Waals surface area contributed by atoms with Gasteiger partial charge in [-0.05, 0) is 47.4 Å². The second-order valence-electron chi connectivity index (χ2n) is 5.43. The molecule has 0 saturated heterocycles. The Kier molecular flexibility index (Phi) is 4.93. The lowest BCUT2D eigenvalue weighted by atomic mass is 9.87. The molecular formula is C19H14Cl2F2O. The van der Waals surface area contributed by atoms with Gasteiger partial charge in [-0.25, -0.2) is 8.78 Å². The van der Waals surface area contributed by atoms with Crippen LogP contribution in [0.2, 0.25) is 10.0 Å². The van der Waals surface area contributed by atoms with Gasteiger partial charge in [0.1, 0.15) is 11.6 Å². The van der Waals surface area contributed by atoms with Crippen molar-refractivity contribution in [2.75, 3.05) is 7.11 Å². The number of rotatable bonds is 3. The Morgan fingerprint density at radius 2 is 1.54 bits per heavy atom. The van der Waals surface area contributed by atoms with Gasteiger partial charge in [-0.15, -0.1) is 0 Å². The molecule has 0 fully saturated rings. The Labute approximate surface area is 149 Å². The number of halogens is 4. The van der Waals surface area contributed by atoms with E-state index in [1.54, 1.807) is 49.6 Å². The molecule has 0 amide bonds. The Morgan fingerprint density at radius 3 is 2.17 bits per heavy atom. The quantitative estimate of drug-likeness (QED) is 0.576. The molecule has 24 heavy (non-hydrogen) atoms. The van der Waals surface area contributed by atoms with Gasteiger partial charge >= 0.3 is 0 Å². The maximum atomic E-state index is 14.6. The van der Waals surface area contributed by atoms with Gasteiger partial charge in [-0.1, -0.05) is 41.4 Å². The summed E-state index contributed by atoms with van der Waals surface area (Å²) in [6.45, 7) is 0. The largest absolute Gasteiger partial charge is 0.497 e. The van der Waals surface area contributed by atoms with E-state index in [9.17, 15) is 8.78 Å². The van der Waals surface area contributed by atoms with Gasteiger partial charge in [0.2, 0.25) is 0 Å². The van der Waals surface area contributed by atoms with Crippen molar-refractivity contribution < 1.29 is 13.5 Å². The SMILES string of the molecule is COc1ccc(C2=C(c3ccc(Cl)c(Cl)c3)CCC(F)=C2F)cc1. The van der Waals surface area contributed by atoms with E-state index in [-0.39, 0.29) is 12.0 Å². The molecule has 0 unspecified atom stereocenters. The summed E-state index contributed by atoms with van der Waals surface area (Å²) in [6.07, 6.45) is 0.416. The smallest absolute Gasteiger partial charge is 0.162 e. The molecule has 0 aliphatic heterocycles. The minimum atomic E-state index is -0.826. The molecule has 0 saturated carbocycles. The van der Waals surface area contributed by atoms with Crippen LogP contribution in [-0.4, -0.2) is 7.11 Å². The molecule has 5 heteroatoms. The molecule has 1 aliphatic rings. The first-order valence-electron chi connectivity index (χ1n) is 7.38. The van der Waals surface area contributed by atoms with Crippen LogP contribution >= 0.6 is 23.2 Å². The number of benzene rings is 2. The monoisotopic (exact) mass is 366 g/mol. The number of allylic oxidation sites excluding steroid dienone is 4. The lowest BCUT2D eigenvalue weighted by Gasteiger charge is -2.20. The Bertz CT molecular complexity index is 839. The summed E-state index contributed by atoms with van der Waals surface area (Å²) < 4.78 is 33.6. The zero-order valence-corrected chi connectivity index (χ0v) is 14.4. The lowest BCUT2D eigenvalue weighted by molar-refractivity contribution is 0.415.